The molecule has 2 aromatic rings. The topological polar surface area (TPSA) is 64.6 Å². The van der Waals surface area contributed by atoms with Crippen molar-refractivity contribution in [3.63, 3.8) is 0 Å². The fourth-order valence-corrected chi connectivity index (χ4v) is 4.28. The highest BCUT2D eigenvalue weighted by molar-refractivity contribution is 7.55. The summed E-state index contributed by atoms with van der Waals surface area (Å²) in [5.74, 6) is 0.902. The van der Waals surface area contributed by atoms with E-state index in [2.05, 4.69) is 5.32 Å². The van der Waals surface area contributed by atoms with Crippen LogP contribution in [0.15, 0.2) is 60.7 Å². The van der Waals surface area contributed by atoms with E-state index in [1.54, 1.807) is 62.4 Å². The normalized spacial score (nSPS) is 12.1. The van der Waals surface area contributed by atoms with Crippen LogP contribution in [0.25, 0.3) is 0 Å². The number of nitrogens with one attached hydrogen (secondary N) is 1. The van der Waals surface area contributed by atoms with Crippen LogP contribution >= 0.6 is 7.60 Å². The Kier molecular flexibility index (Phi) is 6.27. The number of benzene rings is 2. The molecule has 1 unspecified atom stereocenters. The number of terminal acetylenes is 1. The molecule has 0 fully saturated rings. The van der Waals surface area contributed by atoms with E-state index in [1.807, 2.05) is 18.1 Å². The Bertz CT molecular complexity index is 739. The first-order valence-electron chi connectivity index (χ1n) is 7.81. The van der Waals surface area contributed by atoms with Gasteiger partial charge in [-0.15, -0.1) is 6.42 Å². The fraction of sp³-hybridized carbons (Fsp3) is 0.211. The number of para-hydroxylation sites is 2. The van der Waals surface area contributed by atoms with Crippen LogP contribution < -0.4 is 14.4 Å². The lowest BCUT2D eigenvalue weighted by Gasteiger charge is -2.29. The molecule has 0 aliphatic rings. The summed E-state index contributed by atoms with van der Waals surface area (Å²) < 4.78 is 25.1. The Hall–Kier alpha value is -2.70. The van der Waals surface area contributed by atoms with E-state index in [4.69, 9.17) is 15.5 Å². The van der Waals surface area contributed by atoms with E-state index in [9.17, 15) is 9.36 Å². The molecule has 0 bridgehead atoms. The van der Waals surface area contributed by atoms with Gasteiger partial charge in [0, 0.05) is 0 Å². The van der Waals surface area contributed by atoms with Gasteiger partial charge in [0.15, 0.2) is 5.78 Å². The molecule has 1 amide bonds. The molecule has 1 N–H and O–H groups in total. The largest absolute Gasteiger partial charge is 0.453 e. The zero-order chi connectivity index (χ0) is 18.3. The molecule has 0 spiro atoms. The fourth-order valence-electron chi connectivity index (χ4n) is 2.18. The molecule has 5 nitrogen and oxygen atoms in total. The van der Waals surface area contributed by atoms with Gasteiger partial charge in [0.05, 0.1) is 0 Å². The molecule has 0 saturated carbocycles. The molecule has 2 rings (SSSR count). The smallest absolute Gasteiger partial charge is 0.415 e. The van der Waals surface area contributed by atoms with Gasteiger partial charge in [0.2, 0.25) is 0 Å². The summed E-state index contributed by atoms with van der Waals surface area (Å²) in [6, 6.07) is 17.3. The SMILES string of the molecule is C#CC(=O)NC(C(C)C)P(=O)(Oc1ccccc1)Oc1ccccc1. The molecule has 25 heavy (non-hydrogen) atoms. The van der Waals surface area contributed by atoms with Gasteiger partial charge in [0.1, 0.15) is 11.5 Å². The lowest BCUT2D eigenvalue weighted by atomic mass is 10.2. The molecular weight excluding hydrogens is 337 g/mol. The van der Waals surface area contributed by atoms with Crippen molar-refractivity contribution in [2.45, 2.75) is 19.6 Å². The number of hydrogen-bond acceptors (Lipinski definition) is 4. The van der Waals surface area contributed by atoms with Crippen LogP contribution in [0.3, 0.4) is 0 Å². The molecule has 6 heteroatoms. The van der Waals surface area contributed by atoms with E-state index in [-0.39, 0.29) is 5.92 Å². The number of amides is 1. The first-order valence-corrected chi connectivity index (χ1v) is 9.42. The summed E-state index contributed by atoms with van der Waals surface area (Å²) >= 11 is 0. The minimum Gasteiger partial charge on any atom is -0.415 e. The number of rotatable bonds is 7. The maximum atomic E-state index is 13.6. The highest BCUT2D eigenvalue weighted by atomic mass is 31.2. The highest BCUT2D eigenvalue weighted by Crippen LogP contribution is 2.54. The molecule has 130 valence electrons. The second kappa shape index (κ2) is 8.41. The first kappa shape index (κ1) is 18.6. The lowest BCUT2D eigenvalue weighted by molar-refractivity contribution is -0.116. The molecule has 0 heterocycles. The van der Waals surface area contributed by atoms with Crippen LogP contribution in [0.2, 0.25) is 0 Å². The van der Waals surface area contributed by atoms with Crippen molar-refractivity contribution in [2.75, 3.05) is 0 Å². The van der Waals surface area contributed by atoms with Crippen molar-refractivity contribution in [3.05, 3.63) is 60.7 Å². The standard InChI is InChI=1S/C19H20NO4P/c1-4-18(21)20-19(15(2)3)25(22,23-16-11-7-5-8-12-16)24-17-13-9-6-10-14-17/h1,5-15,19H,2-3H3,(H,20,21). The number of carbonyl (C=O) groups is 1. The third kappa shape index (κ3) is 5.14. The second-order valence-electron chi connectivity index (χ2n) is 5.66. The Morgan fingerprint density at radius 3 is 1.80 bits per heavy atom. The number of carbonyl (C=O) groups excluding carboxylic acids is 1. The maximum absolute atomic E-state index is 13.6. The minimum absolute atomic E-state index is 0.240. The predicted octanol–water partition coefficient (Wildman–Crippen LogP) is 4.07. The van der Waals surface area contributed by atoms with Crippen molar-refractivity contribution >= 4 is 13.5 Å². The Balaban J connectivity index is 2.40. The Labute approximate surface area is 147 Å². The number of hydrogen-bond donors (Lipinski definition) is 1. The average Bonchev–Trinajstić information content (AvgIpc) is 2.60. The third-order valence-electron chi connectivity index (χ3n) is 3.33. The summed E-state index contributed by atoms with van der Waals surface area (Å²) in [5.41, 5.74) is 0. The summed E-state index contributed by atoms with van der Waals surface area (Å²) in [4.78, 5) is 11.7. The summed E-state index contributed by atoms with van der Waals surface area (Å²) in [6.07, 6.45) is 5.14. The molecule has 0 aliphatic heterocycles. The van der Waals surface area contributed by atoms with Crippen LogP contribution in [-0.2, 0) is 9.36 Å². The lowest BCUT2D eigenvalue weighted by Crippen LogP contribution is -2.40. The monoisotopic (exact) mass is 357 g/mol. The molecule has 0 radical (unpaired) electrons. The van der Waals surface area contributed by atoms with Crippen molar-refractivity contribution in [1.82, 2.24) is 5.32 Å². The van der Waals surface area contributed by atoms with Crippen molar-refractivity contribution < 1.29 is 18.4 Å². The van der Waals surface area contributed by atoms with Gasteiger partial charge in [-0.05, 0) is 36.1 Å². The average molecular weight is 357 g/mol. The summed E-state index contributed by atoms with van der Waals surface area (Å²) in [7, 11) is -3.82. The van der Waals surface area contributed by atoms with E-state index >= 15 is 0 Å². The Morgan fingerprint density at radius 1 is 1.00 bits per heavy atom. The van der Waals surface area contributed by atoms with Gasteiger partial charge in [-0.2, -0.15) is 0 Å². The maximum Gasteiger partial charge on any atom is 0.453 e. The Morgan fingerprint density at radius 2 is 1.44 bits per heavy atom. The molecule has 1 atom stereocenters. The first-order chi connectivity index (χ1) is 11.9. The van der Waals surface area contributed by atoms with Gasteiger partial charge in [-0.3, -0.25) is 4.79 Å². The quantitative estimate of drug-likeness (QED) is 0.599. The van der Waals surface area contributed by atoms with Gasteiger partial charge in [-0.25, -0.2) is 4.57 Å². The van der Waals surface area contributed by atoms with E-state index in [1.165, 1.54) is 0 Å². The second-order valence-corrected chi connectivity index (χ2v) is 7.66. The van der Waals surface area contributed by atoms with Gasteiger partial charge >= 0.3 is 7.60 Å². The van der Waals surface area contributed by atoms with Crippen molar-refractivity contribution in [3.8, 4) is 23.8 Å². The van der Waals surface area contributed by atoms with Crippen LogP contribution in [0.5, 0.6) is 11.5 Å². The van der Waals surface area contributed by atoms with E-state index in [0.29, 0.717) is 11.5 Å². The molecule has 0 saturated heterocycles. The zero-order valence-corrected chi connectivity index (χ0v) is 15.0. The molecular formula is C19H20NO4P. The van der Waals surface area contributed by atoms with Crippen LogP contribution in [-0.4, -0.2) is 11.7 Å². The van der Waals surface area contributed by atoms with Gasteiger partial charge in [0.25, 0.3) is 5.91 Å². The molecule has 0 aromatic heterocycles. The zero-order valence-electron chi connectivity index (χ0n) is 14.1. The minimum atomic E-state index is -3.82. The van der Waals surface area contributed by atoms with Crippen molar-refractivity contribution in [2.24, 2.45) is 5.92 Å². The van der Waals surface area contributed by atoms with E-state index < -0.39 is 19.3 Å². The van der Waals surface area contributed by atoms with E-state index in [0.717, 1.165) is 0 Å². The predicted molar refractivity (Wildman–Crippen MR) is 97.3 cm³/mol. The van der Waals surface area contributed by atoms with Gasteiger partial charge < -0.3 is 14.4 Å². The third-order valence-corrected chi connectivity index (χ3v) is 5.67. The van der Waals surface area contributed by atoms with Gasteiger partial charge in [-0.1, -0.05) is 50.2 Å². The van der Waals surface area contributed by atoms with Crippen LogP contribution in [0.1, 0.15) is 13.8 Å². The van der Waals surface area contributed by atoms with Crippen molar-refractivity contribution in [1.29, 1.82) is 0 Å². The summed E-state index contributed by atoms with van der Waals surface area (Å²) in [6.45, 7) is 3.60. The summed E-state index contributed by atoms with van der Waals surface area (Å²) in [5, 5.41) is 2.56. The molecule has 2 aromatic carbocycles. The molecule has 0 aliphatic carbocycles. The highest BCUT2D eigenvalue weighted by Gasteiger charge is 2.42. The van der Waals surface area contributed by atoms with Crippen LogP contribution in [0, 0.1) is 18.3 Å². The van der Waals surface area contributed by atoms with Crippen LogP contribution in [0.4, 0.5) is 0 Å².